The lowest BCUT2D eigenvalue weighted by atomic mass is 9.87. The fraction of sp³-hybridized carbons (Fsp3) is 0.625. The fourth-order valence-corrected chi connectivity index (χ4v) is 2.60. The molecule has 1 aromatic carbocycles. The van der Waals surface area contributed by atoms with Crippen molar-refractivity contribution in [3.63, 3.8) is 0 Å². The average Bonchev–Trinajstić information content (AvgIpc) is 2.43. The molecule has 0 fully saturated rings. The van der Waals surface area contributed by atoms with Gasteiger partial charge in [0.25, 0.3) is 0 Å². The van der Waals surface area contributed by atoms with Crippen molar-refractivity contribution in [1.82, 2.24) is 5.32 Å². The first kappa shape index (κ1) is 18.0. The Kier molecular flexibility index (Phi) is 6.65. The summed E-state index contributed by atoms with van der Waals surface area (Å²) in [4.78, 5) is 0. The number of benzene rings is 1. The molecule has 5 heteroatoms. The highest BCUT2D eigenvalue weighted by atomic mass is 19.4. The van der Waals surface area contributed by atoms with Gasteiger partial charge in [-0.2, -0.15) is 13.2 Å². The quantitative estimate of drug-likeness (QED) is 0.672. The monoisotopic (exact) mass is 305 g/mol. The normalized spacial score (nSPS) is 13.7. The Morgan fingerprint density at radius 1 is 1.10 bits per heavy atom. The third-order valence-electron chi connectivity index (χ3n) is 3.80. The number of nitrogens with one attached hydrogen (secondary N) is 1. The van der Waals surface area contributed by atoms with Crippen molar-refractivity contribution in [2.24, 2.45) is 5.92 Å². The summed E-state index contributed by atoms with van der Waals surface area (Å²) in [5, 5.41) is 3.20. The van der Waals surface area contributed by atoms with Gasteiger partial charge in [0.1, 0.15) is 5.82 Å². The van der Waals surface area contributed by atoms with Crippen LogP contribution in [0.15, 0.2) is 18.2 Å². The Bertz CT molecular complexity index is 438. The van der Waals surface area contributed by atoms with Crippen molar-refractivity contribution in [3.05, 3.63) is 35.1 Å². The van der Waals surface area contributed by atoms with Gasteiger partial charge in [-0.05, 0) is 24.9 Å². The molecule has 1 N–H and O–H groups in total. The van der Waals surface area contributed by atoms with Crippen LogP contribution in [-0.2, 0) is 6.18 Å². The second-order valence-corrected chi connectivity index (χ2v) is 5.21. The summed E-state index contributed by atoms with van der Waals surface area (Å²) in [5.41, 5.74) is -1.07. The zero-order chi connectivity index (χ0) is 16.0. The molecule has 1 nitrogen and oxygen atoms in total. The van der Waals surface area contributed by atoms with Crippen LogP contribution >= 0.6 is 0 Å². The highest BCUT2D eigenvalue weighted by molar-refractivity contribution is 5.31. The van der Waals surface area contributed by atoms with E-state index in [9.17, 15) is 17.6 Å². The van der Waals surface area contributed by atoms with E-state index in [1.807, 2.05) is 20.8 Å². The number of hydrogen-bond donors (Lipinski definition) is 1. The summed E-state index contributed by atoms with van der Waals surface area (Å²) in [7, 11) is 0. The number of halogens is 4. The van der Waals surface area contributed by atoms with E-state index in [-0.39, 0.29) is 17.5 Å². The van der Waals surface area contributed by atoms with E-state index in [1.54, 1.807) is 0 Å². The average molecular weight is 305 g/mol. The van der Waals surface area contributed by atoms with Gasteiger partial charge in [0, 0.05) is 11.6 Å². The molecule has 1 aromatic rings. The lowest BCUT2D eigenvalue weighted by Crippen LogP contribution is -2.30. The van der Waals surface area contributed by atoms with Crippen LogP contribution in [0.25, 0.3) is 0 Å². The van der Waals surface area contributed by atoms with E-state index in [4.69, 9.17) is 0 Å². The number of rotatable bonds is 7. The van der Waals surface area contributed by atoms with Crippen LogP contribution in [0, 0.1) is 11.7 Å². The van der Waals surface area contributed by atoms with Crippen molar-refractivity contribution < 1.29 is 17.6 Å². The van der Waals surface area contributed by atoms with E-state index in [2.05, 4.69) is 5.32 Å². The molecule has 0 aliphatic rings. The first-order chi connectivity index (χ1) is 9.86. The molecule has 0 amide bonds. The predicted octanol–water partition coefficient (Wildman–Crippen LogP) is 5.32. The van der Waals surface area contributed by atoms with Gasteiger partial charge in [0.15, 0.2) is 0 Å². The third kappa shape index (κ3) is 4.43. The Morgan fingerprint density at radius 3 is 2.19 bits per heavy atom. The molecule has 120 valence electrons. The lowest BCUT2D eigenvalue weighted by molar-refractivity contribution is -0.140. The smallest absolute Gasteiger partial charge is 0.310 e. The van der Waals surface area contributed by atoms with Crippen molar-refractivity contribution >= 4 is 0 Å². The molecule has 0 aliphatic heterocycles. The topological polar surface area (TPSA) is 12.0 Å². The summed E-state index contributed by atoms with van der Waals surface area (Å²) in [6.45, 7) is 6.57. The van der Waals surface area contributed by atoms with E-state index in [0.29, 0.717) is 6.54 Å². The standard InChI is InChI=1S/C16H23F4N/c1-4-10-21-15(11(5-2)6-3)12-8-7-9-13(14(12)17)16(18,19)20/h7-9,11,15,21H,4-6,10H2,1-3H3. The highest BCUT2D eigenvalue weighted by Crippen LogP contribution is 2.36. The molecular weight excluding hydrogens is 282 g/mol. The first-order valence-electron chi connectivity index (χ1n) is 7.45. The molecule has 0 saturated heterocycles. The van der Waals surface area contributed by atoms with Gasteiger partial charge in [-0.25, -0.2) is 4.39 Å². The minimum atomic E-state index is -4.66. The van der Waals surface area contributed by atoms with E-state index in [1.165, 1.54) is 12.1 Å². The van der Waals surface area contributed by atoms with Gasteiger partial charge in [0.2, 0.25) is 0 Å². The van der Waals surface area contributed by atoms with Gasteiger partial charge in [-0.3, -0.25) is 0 Å². The molecule has 0 heterocycles. The lowest BCUT2D eigenvalue weighted by Gasteiger charge is -2.28. The Hall–Kier alpha value is -1.10. The van der Waals surface area contributed by atoms with Crippen molar-refractivity contribution in [3.8, 4) is 0 Å². The van der Waals surface area contributed by atoms with Gasteiger partial charge < -0.3 is 5.32 Å². The maximum atomic E-state index is 14.3. The summed E-state index contributed by atoms with van der Waals surface area (Å²) in [6, 6.07) is 3.14. The van der Waals surface area contributed by atoms with Crippen LogP contribution in [0.1, 0.15) is 57.2 Å². The van der Waals surface area contributed by atoms with Crippen LogP contribution in [-0.4, -0.2) is 6.54 Å². The fourth-order valence-electron chi connectivity index (χ4n) is 2.60. The summed E-state index contributed by atoms with van der Waals surface area (Å²) in [6.07, 6.45) is -2.25. The van der Waals surface area contributed by atoms with Gasteiger partial charge in [-0.1, -0.05) is 45.7 Å². The third-order valence-corrected chi connectivity index (χ3v) is 3.80. The summed E-state index contributed by atoms with van der Waals surface area (Å²) in [5.74, 6) is -1.04. The van der Waals surface area contributed by atoms with Crippen LogP contribution < -0.4 is 5.32 Å². The molecule has 0 aromatic heterocycles. The minimum absolute atomic E-state index is 0.106. The van der Waals surface area contributed by atoms with E-state index < -0.39 is 17.6 Å². The molecule has 0 bridgehead atoms. The highest BCUT2D eigenvalue weighted by Gasteiger charge is 2.36. The largest absolute Gasteiger partial charge is 0.419 e. The number of alkyl halides is 3. The second-order valence-electron chi connectivity index (χ2n) is 5.21. The van der Waals surface area contributed by atoms with Crippen molar-refractivity contribution in [1.29, 1.82) is 0 Å². The molecular formula is C16H23F4N. The minimum Gasteiger partial charge on any atom is -0.310 e. The number of hydrogen-bond acceptors (Lipinski definition) is 1. The Morgan fingerprint density at radius 2 is 1.71 bits per heavy atom. The van der Waals surface area contributed by atoms with Crippen molar-refractivity contribution in [2.45, 2.75) is 52.3 Å². The Labute approximate surface area is 123 Å². The molecule has 21 heavy (non-hydrogen) atoms. The predicted molar refractivity (Wildman–Crippen MR) is 76.5 cm³/mol. The Balaban J connectivity index is 3.24. The van der Waals surface area contributed by atoms with Crippen LogP contribution in [0.2, 0.25) is 0 Å². The van der Waals surface area contributed by atoms with E-state index >= 15 is 0 Å². The van der Waals surface area contributed by atoms with Crippen molar-refractivity contribution in [2.75, 3.05) is 6.54 Å². The summed E-state index contributed by atoms with van der Waals surface area (Å²) < 4.78 is 52.9. The zero-order valence-electron chi connectivity index (χ0n) is 12.7. The molecule has 1 atom stereocenters. The SMILES string of the molecule is CCCNC(c1cccc(C(F)(F)F)c1F)C(CC)CC. The zero-order valence-corrected chi connectivity index (χ0v) is 12.7. The van der Waals surface area contributed by atoms with Gasteiger partial charge in [-0.15, -0.1) is 0 Å². The second kappa shape index (κ2) is 7.78. The maximum absolute atomic E-state index is 14.3. The molecule has 0 radical (unpaired) electrons. The summed E-state index contributed by atoms with van der Waals surface area (Å²) >= 11 is 0. The van der Waals surface area contributed by atoms with Gasteiger partial charge in [0.05, 0.1) is 5.56 Å². The van der Waals surface area contributed by atoms with Gasteiger partial charge >= 0.3 is 6.18 Å². The maximum Gasteiger partial charge on any atom is 0.419 e. The molecule has 0 aliphatic carbocycles. The molecule has 1 rings (SSSR count). The van der Waals surface area contributed by atoms with Crippen LogP contribution in [0.3, 0.4) is 0 Å². The van der Waals surface area contributed by atoms with Crippen LogP contribution in [0.4, 0.5) is 17.6 Å². The molecule has 0 saturated carbocycles. The molecule has 0 spiro atoms. The first-order valence-corrected chi connectivity index (χ1v) is 7.45. The van der Waals surface area contributed by atoms with E-state index in [0.717, 1.165) is 25.3 Å². The van der Waals surface area contributed by atoms with Crippen LogP contribution in [0.5, 0.6) is 0 Å². The molecule has 1 unspecified atom stereocenters.